The lowest BCUT2D eigenvalue weighted by atomic mass is 10.1. The Morgan fingerprint density at radius 1 is 1.35 bits per heavy atom. The summed E-state index contributed by atoms with van der Waals surface area (Å²) >= 11 is 5.83. The quantitative estimate of drug-likeness (QED) is 0.657. The van der Waals surface area contributed by atoms with Gasteiger partial charge in [0.2, 0.25) is 0 Å². The fraction of sp³-hybridized carbons (Fsp3) is 0.267. The van der Waals surface area contributed by atoms with Gasteiger partial charge in [-0.2, -0.15) is 0 Å². The number of halogens is 1. The normalized spacial score (nSPS) is 10.5. The zero-order valence-corrected chi connectivity index (χ0v) is 11.9. The molecule has 1 aromatic carbocycles. The van der Waals surface area contributed by atoms with Crippen molar-refractivity contribution in [1.29, 1.82) is 0 Å². The minimum Gasteiger partial charge on any atom is -0.467 e. The van der Waals surface area contributed by atoms with Crippen molar-refractivity contribution >= 4 is 17.6 Å². The van der Waals surface area contributed by atoms with Crippen molar-refractivity contribution in [2.24, 2.45) is 0 Å². The molecule has 0 fully saturated rings. The highest BCUT2D eigenvalue weighted by molar-refractivity contribution is 6.30. The van der Waals surface area contributed by atoms with E-state index >= 15 is 0 Å². The Kier molecular flexibility index (Phi) is 5.21. The van der Waals surface area contributed by atoms with Crippen LogP contribution in [-0.2, 0) is 17.7 Å². The van der Waals surface area contributed by atoms with Crippen LogP contribution in [0.4, 0.5) is 0 Å². The van der Waals surface area contributed by atoms with Gasteiger partial charge in [0, 0.05) is 5.02 Å². The molecule has 0 spiro atoms. The van der Waals surface area contributed by atoms with Crippen LogP contribution in [0.3, 0.4) is 0 Å². The van der Waals surface area contributed by atoms with Gasteiger partial charge in [-0.1, -0.05) is 23.7 Å². The molecule has 20 heavy (non-hydrogen) atoms. The van der Waals surface area contributed by atoms with Crippen LogP contribution < -0.4 is 5.32 Å². The molecular formula is C15H16ClNO3. The van der Waals surface area contributed by atoms with Crippen LogP contribution in [0.1, 0.15) is 21.7 Å². The first kappa shape index (κ1) is 14.6. The predicted molar refractivity (Wildman–Crippen MR) is 76.9 cm³/mol. The third-order valence-electron chi connectivity index (χ3n) is 2.88. The number of benzene rings is 1. The van der Waals surface area contributed by atoms with E-state index in [0.29, 0.717) is 17.9 Å². The number of hydrogen-bond acceptors (Lipinski definition) is 4. The molecule has 0 bridgehead atoms. The fourth-order valence-electron chi connectivity index (χ4n) is 1.79. The van der Waals surface area contributed by atoms with E-state index in [0.717, 1.165) is 18.0 Å². The predicted octanol–water partition coefficient (Wildman–Crippen LogP) is 3.05. The average molecular weight is 294 g/mol. The Morgan fingerprint density at radius 3 is 2.80 bits per heavy atom. The highest BCUT2D eigenvalue weighted by atomic mass is 35.5. The summed E-state index contributed by atoms with van der Waals surface area (Å²) in [6.07, 6.45) is 2.31. The molecule has 5 heteroatoms. The van der Waals surface area contributed by atoms with Gasteiger partial charge in [0.1, 0.15) is 12.0 Å². The lowest BCUT2D eigenvalue weighted by Crippen LogP contribution is -2.16. The molecular weight excluding hydrogens is 278 g/mol. The summed E-state index contributed by atoms with van der Waals surface area (Å²) in [5.41, 5.74) is 1.65. The number of nitrogens with one attached hydrogen (secondary N) is 1. The van der Waals surface area contributed by atoms with Crippen molar-refractivity contribution in [3.8, 4) is 0 Å². The summed E-state index contributed by atoms with van der Waals surface area (Å²) < 4.78 is 9.89. The van der Waals surface area contributed by atoms with E-state index in [1.54, 1.807) is 6.07 Å². The number of ether oxygens (including phenoxy) is 1. The van der Waals surface area contributed by atoms with Crippen molar-refractivity contribution in [2.75, 3.05) is 13.7 Å². The molecule has 0 saturated heterocycles. The Bertz CT molecular complexity index is 563. The highest BCUT2D eigenvalue weighted by Crippen LogP contribution is 2.10. The van der Waals surface area contributed by atoms with E-state index in [1.165, 1.54) is 18.9 Å². The summed E-state index contributed by atoms with van der Waals surface area (Å²) in [5.74, 6) is 0.322. The Hall–Kier alpha value is -1.78. The maximum absolute atomic E-state index is 11.3. The summed E-state index contributed by atoms with van der Waals surface area (Å²) in [7, 11) is 1.35. The SMILES string of the molecule is COC(=O)c1coc(CNCCc2ccc(Cl)cc2)c1. The van der Waals surface area contributed by atoms with Gasteiger partial charge >= 0.3 is 5.97 Å². The number of carbonyl (C=O) groups excluding carboxylic acids is 1. The minimum absolute atomic E-state index is 0.388. The van der Waals surface area contributed by atoms with Gasteiger partial charge in [0.05, 0.1) is 19.2 Å². The Balaban J connectivity index is 1.74. The zero-order chi connectivity index (χ0) is 14.4. The van der Waals surface area contributed by atoms with Crippen LogP contribution >= 0.6 is 11.6 Å². The Labute approximate surface area is 122 Å². The molecule has 2 aromatic rings. The lowest BCUT2D eigenvalue weighted by molar-refractivity contribution is 0.0600. The summed E-state index contributed by atoms with van der Waals surface area (Å²) in [6, 6.07) is 9.46. The zero-order valence-electron chi connectivity index (χ0n) is 11.2. The fourth-order valence-corrected chi connectivity index (χ4v) is 1.92. The van der Waals surface area contributed by atoms with E-state index in [1.807, 2.05) is 24.3 Å². The van der Waals surface area contributed by atoms with E-state index in [-0.39, 0.29) is 5.97 Å². The van der Waals surface area contributed by atoms with Crippen molar-refractivity contribution in [3.63, 3.8) is 0 Å². The molecule has 0 radical (unpaired) electrons. The molecule has 1 aromatic heterocycles. The third-order valence-corrected chi connectivity index (χ3v) is 3.13. The monoisotopic (exact) mass is 293 g/mol. The molecule has 0 saturated carbocycles. The first-order valence-electron chi connectivity index (χ1n) is 6.30. The van der Waals surface area contributed by atoms with Crippen LogP contribution in [0.25, 0.3) is 0 Å². The molecule has 0 unspecified atom stereocenters. The molecule has 4 nitrogen and oxygen atoms in total. The molecule has 2 rings (SSSR count). The standard InChI is InChI=1S/C15H16ClNO3/c1-19-15(18)12-8-14(20-10-12)9-17-7-6-11-2-4-13(16)5-3-11/h2-5,8,10,17H,6-7,9H2,1H3. The van der Waals surface area contributed by atoms with Gasteiger partial charge in [-0.3, -0.25) is 0 Å². The van der Waals surface area contributed by atoms with Gasteiger partial charge in [0.15, 0.2) is 0 Å². The summed E-state index contributed by atoms with van der Waals surface area (Å²) in [4.78, 5) is 11.3. The maximum Gasteiger partial charge on any atom is 0.341 e. The number of furan rings is 1. The summed E-state index contributed by atoms with van der Waals surface area (Å²) in [6.45, 7) is 1.39. The topological polar surface area (TPSA) is 51.5 Å². The molecule has 1 N–H and O–H groups in total. The molecule has 0 amide bonds. The number of esters is 1. The molecule has 0 atom stereocenters. The maximum atomic E-state index is 11.3. The van der Waals surface area contributed by atoms with Crippen LogP contribution in [0.15, 0.2) is 41.0 Å². The van der Waals surface area contributed by atoms with Crippen molar-refractivity contribution < 1.29 is 13.9 Å². The summed E-state index contributed by atoms with van der Waals surface area (Å²) in [5, 5.41) is 4.00. The molecule has 106 valence electrons. The minimum atomic E-state index is -0.388. The van der Waals surface area contributed by atoms with Gasteiger partial charge in [-0.05, 0) is 36.7 Å². The first-order chi connectivity index (χ1) is 9.69. The molecule has 0 aliphatic rings. The van der Waals surface area contributed by atoms with E-state index < -0.39 is 0 Å². The van der Waals surface area contributed by atoms with Gasteiger partial charge in [-0.15, -0.1) is 0 Å². The smallest absolute Gasteiger partial charge is 0.341 e. The second kappa shape index (κ2) is 7.12. The van der Waals surface area contributed by atoms with Crippen LogP contribution in [0.2, 0.25) is 5.02 Å². The second-order valence-electron chi connectivity index (χ2n) is 4.35. The third kappa shape index (κ3) is 4.11. The van der Waals surface area contributed by atoms with Crippen LogP contribution in [0.5, 0.6) is 0 Å². The van der Waals surface area contributed by atoms with E-state index in [4.69, 9.17) is 16.0 Å². The molecule has 0 aliphatic carbocycles. The molecule has 0 aliphatic heterocycles. The van der Waals surface area contributed by atoms with Crippen molar-refractivity contribution in [2.45, 2.75) is 13.0 Å². The number of carbonyl (C=O) groups is 1. The van der Waals surface area contributed by atoms with E-state index in [9.17, 15) is 4.79 Å². The lowest BCUT2D eigenvalue weighted by Gasteiger charge is -2.03. The average Bonchev–Trinajstić information content (AvgIpc) is 2.93. The van der Waals surface area contributed by atoms with Gasteiger partial charge in [0.25, 0.3) is 0 Å². The Morgan fingerprint density at radius 2 is 2.10 bits per heavy atom. The van der Waals surface area contributed by atoms with Gasteiger partial charge < -0.3 is 14.5 Å². The number of hydrogen-bond donors (Lipinski definition) is 1. The van der Waals surface area contributed by atoms with Crippen molar-refractivity contribution in [1.82, 2.24) is 5.32 Å². The second-order valence-corrected chi connectivity index (χ2v) is 4.78. The van der Waals surface area contributed by atoms with E-state index in [2.05, 4.69) is 10.1 Å². The van der Waals surface area contributed by atoms with Gasteiger partial charge in [-0.25, -0.2) is 4.79 Å². The highest BCUT2D eigenvalue weighted by Gasteiger charge is 2.09. The van der Waals surface area contributed by atoms with Crippen molar-refractivity contribution in [3.05, 3.63) is 58.5 Å². The number of methoxy groups -OCH3 is 1. The molecule has 1 heterocycles. The number of rotatable bonds is 6. The largest absolute Gasteiger partial charge is 0.467 e. The van der Waals surface area contributed by atoms with Crippen LogP contribution in [-0.4, -0.2) is 19.6 Å². The first-order valence-corrected chi connectivity index (χ1v) is 6.67. The van der Waals surface area contributed by atoms with Crippen LogP contribution in [0, 0.1) is 0 Å².